The van der Waals surface area contributed by atoms with E-state index in [2.05, 4.69) is 46.1 Å². The van der Waals surface area contributed by atoms with Gasteiger partial charge < -0.3 is 10.1 Å². The standard InChI is InChI=1S/C16H19BrN2O/c1-4-18-9-13-8-14(17)10-19-16(13)20-15-6-5-11(2)7-12(15)3/h5-8,10,18H,4,9H2,1-3H3. The molecule has 4 heteroatoms. The highest BCUT2D eigenvalue weighted by molar-refractivity contribution is 9.10. The quantitative estimate of drug-likeness (QED) is 0.881. The molecular weight excluding hydrogens is 316 g/mol. The Hall–Kier alpha value is -1.39. The Morgan fingerprint density at radius 3 is 2.75 bits per heavy atom. The summed E-state index contributed by atoms with van der Waals surface area (Å²) in [6.07, 6.45) is 1.76. The first-order valence-electron chi connectivity index (χ1n) is 6.70. The van der Waals surface area contributed by atoms with Crippen molar-refractivity contribution in [2.75, 3.05) is 6.54 Å². The molecule has 0 saturated carbocycles. The van der Waals surface area contributed by atoms with Crippen molar-refractivity contribution in [2.24, 2.45) is 0 Å². The zero-order chi connectivity index (χ0) is 14.5. The maximum absolute atomic E-state index is 5.98. The fraction of sp³-hybridized carbons (Fsp3) is 0.312. The monoisotopic (exact) mass is 334 g/mol. The van der Waals surface area contributed by atoms with Gasteiger partial charge in [-0.05, 0) is 54.0 Å². The van der Waals surface area contributed by atoms with Gasteiger partial charge in [-0.3, -0.25) is 0 Å². The van der Waals surface area contributed by atoms with Gasteiger partial charge >= 0.3 is 0 Å². The van der Waals surface area contributed by atoms with Crippen LogP contribution in [0.5, 0.6) is 11.6 Å². The molecule has 0 bridgehead atoms. The summed E-state index contributed by atoms with van der Waals surface area (Å²) < 4.78 is 6.93. The molecule has 0 atom stereocenters. The second-order valence-corrected chi connectivity index (χ2v) is 5.68. The van der Waals surface area contributed by atoms with Crippen LogP contribution < -0.4 is 10.1 Å². The molecule has 1 N–H and O–H groups in total. The topological polar surface area (TPSA) is 34.2 Å². The summed E-state index contributed by atoms with van der Waals surface area (Å²) in [6.45, 7) is 7.85. The molecule has 3 nitrogen and oxygen atoms in total. The third-order valence-corrected chi connectivity index (χ3v) is 3.43. The normalized spacial score (nSPS) is 10.6. The molecule has 0 saturated heterocycles. The van der Waals surface area contributed by atoms with E-state index in [1.807, 2.05) is 25.1 Å². The molecule has 0 aliphatic carbocycles. The van der Waals surface area contributed by atoms with Crippen molar-refractivity contribution in [3.8, 4) is 11.6 Å². The summed E-state index contributed by atoms with van der Waals surface area (Å²) in [5.74, 6) is 1.50. The van der Waals surface area contributed by atoms with Crippen LogP contribution >= 0.6 is 15.9 Å². The summed E-state index contributed by atoms with van der Waals surface area (Å²) in [6, 6.07) is 8.18. The molecule has 0 unspecified atom stereocenters. The zero-order valence-corrected chi connectivity index (χ0v) is 13.6. The molecule has 106 valence electrons. The smallest absolute Gasteiger partial charge is 0.223 e. The first-order chi connectivity index (χ1) is 9.60. The van der Waals surface area contributed by atoms with Crippen LogP contribution in [0.2, 0.25) is 0 Å². The van der Waals surface area contributed by atoms with Crippen molar-refractivity contribution in [3.05, 3.63) is 51.6 Å². The number of nitrogens with one attached hydrogen (secondary N) is 1. The van der Waals surface area contributed by atoms with Gasteiger partial charge in [0.2, 0.25) is 5.88 Å². The summed E-state index contributed by atoms with van der Waals surface area (Å²) in [7, 11) is 0. The first-order valence-corrected chi connectivity index (χ1v) is 7.49. The van der Waals surface area contributed by atoms with Gasteiger partial charge in [0.25, 0.3) is 0 Å². The summed E-state index contributed by atoms with van der Waals surface area (Å²) in [5.41, 5.74) is 3.39. The van der Waals surface area contributed by atoms with Crippen molar-refractivity contribution in [1.29, 1.82) is 0 Å². The molecule has 0 amide bonds. The Kier molecular flexibility index (Phi) is 5.15. The highest BCUT2D eigenvalue weighted by Crippen LogP contribution is 2.28. The van der Waals surface area contributed by atoms with Crippen molar-refractivity contribution < 1.29 is 4.74 Å². The molecule has 2 aromatic rings. The van der Waals surface area contributed by atoms with Gasteiger partial charge in [0, 0.05) is 22.8 Å². The van der Waals surface area contributed by atoms with Crippen LogP contribution in [0.1, 0.15) is 23.6 Å². The summed E-state index contributed by atoms with van der Waals surface area (Å²) in [5, 5.41) is 3.30. The van der Waals surface area contributed by atoms with Crippen molar-refractivity contribution in [1.82, 2.24) is 10.3 Å². The zero-order valence-electron chi connectivity index (χ0n) is 12.0. The Bertz CT molecular complexity index is 599. The van der Waals surface area contributed by atoms with E-state index in [0.29, 0.717) is 5.88 Å². The van der Waals surface area contributed by atoms with E-state index in [1.165, 1.54) is 5.56 Å². The third-order valence-electron chi connectivity index (χ3n) is 2.99. The van der Waals surface area contributed by atoms with Gasteiger partial charge in [-0.25, -0.2) is 4.98 Å². The fourth-order valence-electron chi connectivity index (χ4n) is 1.96. The second-order valence-electron chi connectivity index (χ2n) is 4.77. The number of ether oxygens (including phenoxy) is 1. The fourth-order valence-corrected chi connectivity index (χ4v) is 2.34. The number of benzene rings is 1. The maximum Gasteiger partial charge on any atom is 0.223 e. The predicted molar refractivity (Wildman–Crippen MR) is 85.3 cm³/mol. The number of halogens is 1. The largest absolute Gasteiger partial charge is 0.438 e. The number of hydrogen-bond acceptors (Lipinski definition) is 3. The van der Waals surface area contributed by atoms with E-state index < -0.39 is 0 Å². The Balaban J connectivity index is 2.27. The number of rotatable bonds is 5. The summed E-state index contributed by atoms with van der Waals surface area (Å²) in [4.78, 5) is 4.38. The molecule has 0 aliphatic rings. The van der Waals surface area contributed by atoms with E-state index in [0.717, 1.165) is 34.4 Å². The minimum atomic E-state index is 0.654. The molecular formula is C16H19BrN2O. The maximum atomic E-state index is 5.98. The lowest BCUT2D eigenvalue weighted by atomic mass is 10.1. The van der Waals surface area contributed by atoms with Crippen LogP contribution in [0.3, 0.4) is 0 Å². The highest BCUT2D eigenvalue weighted by atomic mass is 79.9. The Morgan fingerprint density at radius 1 is 1.25 bits per heavy atom. The van der Waals surface area contributed by atoms with E-state index in [-0.39, 0.29) is 0 Å². The van der Waals surface area contributed by atoms with Crippen LogP contribution in [0.15, 0.2) is 34.9 Å². The van der Waals surface area contributed by atoms with E-state index in [1.54, 1.807) is 6.20 Å². The molecule has 0 fully saturated rings. The first kappa shape index (κ1) is 15.0. The Labute approximate surface area is 128 Å². The van der Waals surface area contributed by atoms with Gasteiger partial charge in [-0.1, -0.05) is 24.6 Å². The molecule has 0 aliphatic heterocycles. The highest BCUT2D eigenvalue weighted by Gasteiger charge is 2.09. The number of aromatic nitrogens is 1. The predicted octanol–water partition coefficient (Wildman–Crippen LogP) is 4.36. The number of nitrogens with zero attached hydrogens (tertiary/aromatic N) is 1. The van der Waals surface area contributed by atoms with Gasteiger partial charge in [-0.2, -0.15) is 0 Å². The van der Waals surface area contributed by atoms with Gasteiger partial charge in [0.15, 0.2) is 0 Å². The average Bonchev–Trinajstić information content (AvgIpc) is 2.41. The average molecular weight is 335 g/mol. The van der Waals surface area contributed by atoms with E-state index in [9.17, 15) is 0 Å². The molecule has 20 heavy (non-hydrogen) atoms. The molecule has 0 spiro atoms. The van der Waals surface area contributed by atoms with Crippen molar-refractivity contribution >= 4 is 15.9 Å². The van der Waals surface area contributed by atoms with Gasteiger partial charge in [0.05, 0.1) is 0 Å². The minimum Gasteiger partial charge on any atom is -0.438 e. The molecule has 2 rings (SSSR count). The van der Waals surface area contributed by atoms with Gasteiger partial charge in [0.1, 0.15) is 5.75 Å². The van der Waals surface area contributed by atoms with Crippen molar-refractivity contribution in [3.63, 3.8) is 0 Å². The SMILES string of the molecule is CCNCc1cc(Br)cnc1Oc1ccc(C)cc1C. The minimum absolute atomic E-state index is 0.654. The molecule has 1 heterocycles. The number of pyridine rings is 1. The van der Waals surface area contributed by atoms with E-state index in [4.69, 9.17) is 4.74 Å². The summed E-state index contributed by atoms with van der Waals surface area (Å²) >= 11 is 3.45. The molecule has 1 aromatic carbocycles. The molecule has 1 aromatic heterocycles. The van der Waals surface area contributed by atoms with Gasteiger partial charge in [-0.15, -0.1) is 0 Å². The van der Waals surface area contributed by atoms with Crippen LogP contribution in [0.25, 0.3) is 0 Å². The lowest BCUT2D eigenvalue weighted by molar-refractivity contribution is 0.450. The van der Waals surface area contributed by atoms with Crippen LogP contribution in [-0.4, -0.2) is 11.5 Å². The Morgan fingerprint density at radius 2 is 2.05 bits per heavy atom. The molecule has 0 radical (unpaired) electrons. The van der Waals surface area contributed by atoms with Crippen LogP contribution in [-0.2, 0) is 6.54 Å². The lowest BCUT2D eigenvalue weighted by Gasteiger charge is -2.13. The number of aryl methyl sites for hydroxylation is 2. The van der Waals surface area contributed by atoms with Crippen molar-refractivity contribution in [2.45, 2.75) is 27.3 Å². The number of hydrogen-bond donors (Lipinski definition) is 1. The van der Waals surface area contributed by atoms with Crippen LogP contribution in [0, 0.1) is 13.8 Å². The lowest BCUT2D eigenvalue weighted by Crippen LogP contribution is -2.13. The van der Waals surface area contributed by atoms with E-state index >= 15 is 0 Å². The third kappa shape index (κ3) is 3.81. The van der Waals surface area contributed by atoms with Crippen LogP contribution in [0.4, 0.5) is 0 Å². The second kappa shape index (κ2) is 6.86.